The number of nitrogens with zero attached hydrogens (tertiary/aromatic N) is 3. The standard InChI is InChI=1S/C11H21N2.CHNS/c1-4-5-6-12-7-8-13(10-12)9-11(2)3;2-1-3/h7-8,10-11H,4-6,9H2,1-3H3;3H/q+1;/p-1. The van der Waals surface area contributed by atoms with E-state index in [1.54, 1.807) is 0 Å². The molecule has 0 atom stereocenters. The van der Waals surface area contributed by atoms with Crippen LogP contribution in [0, 0.1) is 16.6 Å². The summed E-state index contributed by atoms with van der Waals surface area (Å²) in [5, 5.41) is 8.47. The minimum absolute atomic E-state index is 0.729. The first-order valence-corrected chi connectivity index (χ1v) is 6.10. The Bertz CT molecular complexity index is 312. The maximum Gasteiger partial charge on any atom is 0.243 e. The number of imidazole rings is 1. The van der Waals surface area contributed by atoms with Crippen LogP contribution in [-0.2, 0) is 25.7 Å². The molecule has 0 fully saturated rings. The summed E-state index contributed by atoms with van der Waals surface area (Å²) in [5.41, 5.74) is 0. The van der Waals surface area contributed by atoms with Gasteiger partial charge in [0.1, 0.15) is 12.4 Å². The number of rotatable bonds is 5. The lowest BCUT2D eigenvalue weighted by Gasteiger charge is -1.98. The van der Waals surface area contributed by atoms with Crippen LogP contribution in [0.25, 0.3) is 0 Å². The van der Waals surface area contributed by atoms with Gasteiger partial charge >= 0.3 is 0 Å². The van der Waals surface area contributed by atoms with Crippen molar-refractivity contribution >= 4 is 12.6 Å². The first-order valence-electron chi connectivity index (χ1n) is 5.70. The van der Waals surface area contributed by atoms with Crippen LogP contribution in [-0.4, -0.2) is 4.57 Å². The molecule has 0 spiro atoms. The van der Waals surface area contributed by atoms with Crippen molar-refractivity contribution in [3.63, 3.8) is 0 Å². The minimum atomic E-state index is 0.729. The van der Waals surface area contributed by atoms with Gasteiger partial charge in [-0.15, -0.1) is 0 Å². The molecule has 1 rings (SSSR count). The third-order valence-corrected chi connectivity index (χ3v) is 2.09. The molecule has 0 aliphatic rings. The fourth-order valence-corrected chi connectivity index (χ4v) is 1.44. The SMILES string of the molecule is CCCCn1cc[n+](CC(C)C)c1.N#C[S-]. The summed E-state index contributed by atoms with van der Waals surface area (Å²) < 4.78 is 4.53. The van der Waals surface area contributed by atoms with Crippen molar-refractivity contribution in [1.29, 1.82) is 5.26 Å². The van der Waals surface area contributed by atoms with Crippen LogP contribution >= 0.6 is 0 Å². The number of thiocyanates is 1. The molecule has 90 valence electrons. The second-order valence-electron chi connectivity index (χ2n) is 4.19. The average molecular weight is 239 g/mol. The number of aryl methyl sites for hydroxylation is 1. The highest BCUT2D eigenvalue weighted by molar-refractivity contribution is 7.64. The Labute approximate surface area is 104 Å². The molecule has 0 aliphatic carbocycles. The van der Waals surface area contributed by atoms with Gasteiger partial charge in [-0.1, -0.05) is 32.6 Å². The van der Waals surface area contributed by atoms with Gasteiger partial charge in [0.25, 0.3) is 0 Å². The molecule has 0 N–H and O–H groups in total. The van der Waals surface area contributed by atoms with Crippen LogP contribution in [0.4, 0.5) is 0 Å². The van der Waals surface area contributed by atoms with Crippen molar-refractivity contribution in [1.82, 2.24) is 4.57 Å². The summed E-state index contributed by atoms with van der Waals surface area (Å²) in [5.74, 6) is 0.729. The molecule has 0 aliphatic heterocycles. The number of hydrogen-bond acceptors (Lipinski definition) is 2. The lowest BCUT2D eigenvalue weighted by atomic mass is 10.2. The van der Waals surface area contributed by atoms with E-state index in [9.17, 15) is 0 Å². The normalized spacial score (nSPS) is 9.44. The summed E-state index contributed by atoms with van der Waals surface area (Å²) in [6, 6.07) is 0. The van der Waals surface area contributed by atoms with Crippen molar-refractivity contribution in [2.24, 2.45) is 5.92 Å². The maximum absolute atomic E-state index is 7.13. The number of nitriles is 1. The molecule has 0 saturated heterocycles. The summed E-state index contributed by atoms with van der Waals surface area (Å²) in [6.45, 7) is 9.00. The molecule has 1 aromatic heterocycles. The Hall–Kier alpha value is -1.08. The van der Waals surface area contributed by atoms with Crippen LogP contribution in [0.1, 0.15) is 33.6 Å². The minimum Gasteiger partial charge on any atom is -0.696 e. The van der Waals surface area contributed by atoms with Crippen LogP contribution in [0.5, 0.6) is 0 Å². The zero-order valence-electron chi connectivity index (χ0n) is 10.4. The first kappa shape index (κ1) is 14.9. The molecule has 0 aromatic carbocycles. The predicted octanol–water partition coefficient (Wildman–Crippen LogP) is 2.25. The van der Waals surface area contributed by atoms with Gasteiger partial charge in [-0.05, 0) is 12.3 Å². The highest BCUT2D eigenvalue weighted by Crippen LogP contribution is 1.95. The van der Waals surface area contributed by atoms with Gasteiger partial charge in [-0.3, -0.25) is 0 Å². The second kappa shape index (κ2) is 9.17. The summed E-state index contributed by atoms with van der Waals surface area (Å²) in [7, 11) is 0. The highest BCUT2D eigenvalue weighted by atomic mass is 32.1. The Balaban J connectivity index is 0.000000673. The van der Waals surface area contributed by atoms with Gasteiger partial charge in [-0.2, -0.15) is 0 Å². The van der Waals surface area contributed by atoms with Gasteiger partial charge in [0.15, 0.2) is 0 Å². The third kappa shape index (κ3) is 7.24. The summed E-state index contributed by atoms with van der Waals surface area (Å²) in [6.07, 6.45) is 9.07. The molecule has 3 nitrogen and oxygen atoms in total. The van der Waals surface area contributed by atoms with Gasteiger partial charge in [0.05, 0.1) is 13.1 Å². The van der Waals surface area contributed by atoms with Crippen LogP contribution in [0.3, 0.4) is 0 Å². The molecule has 16 heavy (non-hydrogen) atoms. The van der Waals surface area contributed by atoms with E-state index in [1.807, 2.05) is 0 Å². The molecule has 1 heterocycles. The van der Waals surface area contributed by atoms with E-state index in [4.69, 9.17) is 5.26 Å². The molecule has 0 radical (unpaired) electrons. The molecule has 0 bridgehead atoms. The van der Waals surface area contributed by atoms with Gasteiger partial charge in [0, 0.05) is 0 Å². The van der Waals surface area contributed by atoms with Crippen molar-refractivity contribution < 1.29 is 4.57 Å². The summed E-state index contributed by atoms with van der Waals surface area (Å²) in [4.78, 5) is 0. The Morgan fingerprint density at radius 2 is 2.12 bits per heavy atom. The van der Waals surface area contributed by atoms with Crippen molar-refractivity contribution in [2.75, 3.05) is 0 Å². The average Bonchev–Trinajstić information content (AvgIpc) is 2.63. The molecule has 0 unspecified atom stereocenters. The van der Waals surface area contributed by atoms with E-state index in [2.05, 4.69) is 61.3 Å². The molecule has 0 amide bonds. The fraction of sp³-hybridized carbons (Fsp3) is 0.667. The second-order valence-corrected chi connectivity index (χ2v) is 4.37. The van der Waals surface area contributed by atoms with Crippen molar-refractivity contribution in [3.8, 4) is 5.40 Å². The zero-order valence-corrected chi connectivity index (χ0v) is 11.2. The van der Waals surface area contributed by atoms with Gasteiger partial charge in [0.2, 0.25) is 6.33 Å². The fourth-order valence-electron chi connectivity index (χ4n) is 1.44. The maximum atomic E-state index is 7.13. The van der Waals surface area contributed by atoms with Crippen molar-refractivity contribution in [2.45, 2.75) is 46.7 Å². The lowest BCUT2D eigenvalue weighted by Crippen LogP contribution is -2.33. The predicted molar refractivity (Wildman–Crippen MR) is 67.4 cm³/mol. The number of unbranched alkanes of at least 4 members (excludes halogenated alkanes) is 1. The van der Waals surface area contributed by atoms with E-state index in [-0.39, 0.29) is 0 Å². The zero-order chi connectivity index (χ0) is 12.4. The molecule has 0 saturated carbocycles. The number of aromatic nitrogens is 2. The largest absolute Gasteiger partial charge is 0.696 e. The van der Waals surface area contributed by atoms with Crippen LogP contribution < -0.4 is 4.57 Å². The molecule has 4 heteroatoms. The molecular formula is C12H21N3S. The quantitative estimate of drug-likeness (QED) is 0.448. The highest BCUT2D eigenvalue weighted by Gasteiger charge is 2.04. The molecule has 1 aromatic rings. The Morgan fingerprint density at radius 3 is 2.62 bits per heavy atom. The number of hydrogen-bond donors (Lipinski definition) is 0. The van der Waals surface area contributed by atoms with Crippen LogP contribution in [0.2, 0.25) is 0 Å². The van der Waals surface area contributed by atoms with Gasteiger partial charge < -0.3 is 12.6 Å². The van der Waals surface area contributed by atoms with Crippen molar-refractivity contribution in [3.05, 3.63) is 18.7 Å². The summed E-state index contributed by atoms with van der Waals surface area (Å²) >= 11 is 3.70. The smallest absolute Gasteiger partial charge is 0.243 e. The van der Waals surface area contributed by atoms with E-state index in [1.165, 1.54) is 18.2 Å². The lowest BCUT2D eigenvalue weighted by molar-refractivity contribution is -0.701. The topological polar surface area (TPSA) is 32.6 Å². The van der Waals surface area contributed by atoms with E-state index >= 15 is 0 Å². The van der Waals surface area contributed by atoms with E-state index in [0.29, 0.717) is 0 Å². The van der Waals surface area contributed by atoms with E-state index in [0.717, 1.165) is 19.0 Å². The first-order chi connectivity index (χ1) is 7.63. The van der Waals surface area contributed by atoms with E-state index < -0.39 is 0 Å². The third-order valence-electron chi connectivity index (χ3n) is 2.09. The van der Waals surface area contributed by atoms with Crippen LogP contribution in [0.15, 0.2) is 18.7 Å². The molecular weight excluding hydrogens is 218 g/mol. The van der Waals surface area contributed by atoms with Gasteiger partial charge in [-0.25, -0.2) is 14.4 Å². The monoisotopic (exact) mass is 239 g/mol. The Kier molecular flexibility index (Phi) is 8.55. The Morgan fingerprint density at radius 1 is 1.50 bits per heavy atom.